The van der Waals surface area contributed by atoms with E-state index in [0.29, 0.717) is 12.1 Å². The van der Waals surface area contributed by atoms with Gasteiger partial charge >= 0.3 is 5.97 Å². The van der Waals surface area contributed by atoms with Crippen LogP contribution >= 0.6 is 0 Å². The Balaban J connectivity index is 2.88. The lowest BCUT2D eigenvalue weighted by molar-refractivity contribution is -0.139. The first-order chi connectivity index (χ1) is 9.86. The molecule has 2 N–H and O–H groups in total. The van der Waals surface area contributed by atoms with Gasteiger partial charge in [-0.25, -0.2) is 18.0 Å². The highest BCUT2D eigenvalue weighted by molar-refractivity contribution is 5.97. The van der Waals surface area contributed by atoms with Gasteiger partial charge in [-0.2, -0.15) is 5.26 Å². The van der Waals surface area contributed by atoms with Crippen LogP contribution in [0.2, 0.25) is 0 Å². The number of carboxylic acid groups (broad SMARTS) is 1. The Morgan fingerprint density at radius 2 is 1.86 bits per heavy atom. The van der Waals surface area contributed by atoms with Gasteiger partial charge < -0.3 is 10.4 Å². The van der Waals surface area contributed by atoms with Gasteiger partial charge in [0.15, 0.2) is 0 Å². The first-order valence-corrected chi connectivity index (χ1v) is 5.92. The summed E-state index contributed by atoms with van der Waals surface area (Å²) in [7, 11) is 0. The molecule has 112 valence electrons. The number of hydrogen-bond acceptors (Lipinski definition) is 3. The summed E-state index contributed by atoms with van der Waals surface area (Å²) in [5.41, 5.74) is -1.05. The Bertz CT molecular complexity index is 576. The van der Waals surface area contributed by atoms with Crippen LogP contribution in [0.15, 0.2) is 12.1 Å². The summed E-state index contributed by atoms with van der Waals surface area (Å²) < 4.78 is 39.5. The van der Waals surface area contributed by atoms with Crippen molar-refractivity contribution in [2.75, 3.05) is 0 Å². The summed E-state index contributed by atoms with van der Waals surface area (Å²) in [5.74, 6) is -6.73. The second-order valence-electron chi connectivity index (χ2n) is 4.16. The molecule has 0 bridgehead atoms. The molecule has 0 saturated carbocycles. The molecule has 0 aliphatic heterocycles. The molecule has 0 aliphatic carbocycles. The van der Waals surface area contributed by atoms with Gasteiger partial charge in [-0.05, 0) is 12.8 Å². The van der Waals surface area contributed by atoms with E-state index in [1.54, 1.807) is 6.07 Å². The Labute approximate surface area is 118 Å². The number of carbonyl (C=O) groups is 2. The fourth-order valence-electron chi connectivity index (χ4n) is 1.63. The molecule has 0 saturated heterocycles. The number of rotatable bonds is 6. The number of halogens is 3. The molecule has 1 rings (SSSR count). The molecule has 0 unspecified atom stereocenters. The molecule has 8 heteroatoms. The van der Waals surface area contributed by atoms with Crippen molar-refractivity contribution in [1.82, 2.24) is 5.32 Å². The summed E-state index contributed by atoms with van der Waals surface area (Å²) in [5, 5.41) is 19.2. The number of nitriles is 1. The zero-order valence-electron chi connectivity index (χ0n) is 10.7. The highest BCUT2D eigenvalue weighted by Crippen LogP contribution is 2.15. The van der Waals surface area contributed by atoms with E-state index in [0.717, 1.165) is 0 Å². The monoisotopic (exact) mass is 300 g/mol. The van der Waals surface area contributed by atoms with Crippen LogP contribution in [0, 0.1) is 28.8 Å². The number of nitrogens with one attached hydrogen (secondary N) is 1. The van der Waals surface area contributed by atoms with Crippen molar-refractivity contribution in [2.24, 2.45) is 0 Å². The zero-order valence-corrected chi connectivity index (χ0v) is 10.7. The lowest BCUT2D eigenvalue weighted by Crippen LogP contribution is -2.41. The van der Waals surface area contributed by atoms with Crippen molar-refractivity contribution >= 4 is 11.9 Å². The van der Waals surface area contributed by atoms with Gasteiger partial charge in [0.1, 0.15) is 29.1 Å². The number of carboxylic acids is 1. The van der Waals surface area contributed by atoms with E-state index in [1.165, 1.54) is 0 Å². The van der Waals surface area contributed by atoms with Crippen LogP contribution in [0.4, 0.5) is 13.2 Å². The highest BCUT2D eigenvalue weighted by Gasteiger charge is 2.24. The van der Waals surface area contributed by atoms with Crippen molar-refractivity contribution in [2.45, 2.75) is 25.3 Å². The number of aliphatic carboxylic acids is 1. The molecular formula is C13H11F3N2O3. The van der Waals surface area contributed by atoms with Gasteiger partial charge in [0.05, 0.1) is 6.07 Å². The number of benzene rings is 1. The molecule has 0 aromatic heterocycles. The third-order valence-electron chi connectivity index (χ3n) is 2.62. The largest absolute Gasteiger partial charge is 0.480 e. The fraction of sp³-hybridized carbons (Fsp3) is 0.308. The number of nitrogens with zero attached hydrogens (tertiary/aromatic N) is 1. The standard InChI is InChI=1S/C13H11F3N2O3/c14-7-5-8(15)11(9(16)6-7)12(19)18-10(13(20)21)3-1-2-4-17/h5-6,10H,1-3H2,(H,18,19)(H,20,21)/t10-/m1/s1. The van der Waals surface area contributed by atoms with Crippen LogP contribution in [0.25, 0.3) is 0 Å². The minimum atomic E-state index is -1.42. The summed E-state index contributed by atoms with van der Waals surface area (Å²) in [6, 6.07) is 1.06. The maximum absolute atomic E-state index is 13.4. The average molecular weight is 300 g/mol. The molecule has 1 aromatic rings. The average Bonchev–Trinajstić information content (AvgIpc) is 2.36. The summed E-state index contributed by atoms with van der Waals surface area (Å²) in [4.78, 5) is 22.6. The minimum Gasteiger partial charge on any atom is -0.480 e. The maximum Gasteiger partial charge on any atom is 0.326 e. The van der Waals surface area contributed by atoms with Gasteiger partial charge in [0, 0.05) is 18.6 Å². The lowest BCUT2D eigenvalue weighted by Gasteiger charge is -2.14. The Kier molecular flexibility index (Phi) is 5.72. The van der Waals surface area contributed by atoms with Crippen molar-refractivity contribution in [1.29, 1.82) is 5.26 Å². The number of carbonyl (C=O) groups excluding carboxylic acids is 1. The molecule has 1 aromatic carbocycles. The van der Waals surface area contributed by atoms with Crippen LogP contribution in [-0.4, -0.2) is 23.0 Å². The molecule has 1 atom stereocenters. The molecule has 0 spiro atoms. The smallest absolute Gasteiger partial charge is 0.326 e. The normalized spacial score (nSPS) is 11.5. The van der Waals surface area contributed by atoms with Crippen LogP contribution in [0.3, 0.4) is 0 Å². The summed E-state index contributed by atoms with van der Waals surface area (Å²) >= 11 is 0. The van der Waals surface area contributed by atoms with Crippen LogP contribution in [-0.2, 0) is 4.79 Å². The quantitative estimate of drug-likeness (QED) is 0.786. The molecule has 1 amide bonds. The first kappa shape index (κ1) is 16.5. The van der Waals surface area contributed by atoms with Crippen LogP contribution in [0.5, 0.6) is 0 Å². The fourth-order valence-corrected chi connectivity index (χ4v) is 1.63. The Morgan fingerprint density at radius 1 is 1.29 bits per heavy atom. The van der Waals surface area contributed by atoms with Gasteiger partial charge in [-0.3, -0.25) is 4.79 Å². The van der Waals surface area contributed by atoms with Crippen LogP contribution < -0.4 is 5.32 Å². The third-order valence-corrected chi connectivity index (χ3v) is 2.62. The number of unbranched alkanes of at least 4 members (excludes halogenated alkanes) is 1. The van der Waals surface area contributed by atoms with Crippen LogP contribution in [0.1, 0.15) is 29.6 Å². The summed E-state index contributed by atoms with van der Waals surface area (Å²) in [6.45, 7) is 0. The third kappa shape index (κ3) is 4.49. The van der Waals surface area contributed by atoms with E-state index in [-0.39, 0.29) is 19.3 Å². The predicted octanol–water partition coefficient (Wildman–Crippen LogP) is 1.98. The maximum atomic E-state index is 13.4. The van der Waals surface area contributed by atoms with E-state index in [4.69, 9.17) is 10.4 Å². The van der Waals surface area contributed by atoms with Gasteiger partial charge in [0.2, 0.25) is 0 Å². The van der Waals surface area contributed by atoms with Gasteiger partial charge in [-0.1, -0.05) is 0 Å². The second-order valence-corrected chi connectivity index (χ2v) is 4.16. The Hall–Kier alpha value is -2.56. The zero-order chi connectivity index (χ0) is 16.0. The van der Waals surface area contributed by atoms with E-state index >= 15 is 0 Å². The van der Waals surface area contributed by atoms with Crippen molar-refractivity contribution < 1.29 is 27.9 Å². The molecule has 0 radical (unpaired) electrons. The molecular weight excluding hydrogens is 289 g/mol. The predicted molar refractivity (Wildman–Crippen MR) is 64.7 cm³/mol. The topological polar surface area (TPSA) is 90.2 Å². The number of amides is 1. The second kappa shape index (κ2) is 7.28. The minimum absolute atomic E-state index is 0.0704. The molecule has 0 fully saturated rings. The Morgan fingerprint density at radius 3 is 2.33 bits per heavy atom. The first-order valence-electron chi connectivity index (χ1n) is 5.92. The van der Waals surface area contributed by atoms with E-state index in [9.17, 15) is 22.8 Å². The molecule has 0 heterocycles. The van der Waals surface area contributed by atoms with Gasteiger partial charge in [-0.15, -0.1) is 0 Å². The highest BCUT2D eigenvalue weighted by atomic mass is 19.1. The molecule has 21 heavy (non-hydrogen) atoms. The summed E-state index contributed by atoms with van der Waals surface area (Å²) in [6.07, 6.45) is 0.208. The van der Waals surface area contributed by atoms with E-state index in [2.05, 4.69) is 0 Å². The molecule has 0 aliphatic rings. The lowest BCUT2D eigenvalue weighted by atomic mass is 10.1. The molecule has 5 nitrogen and oxygen atoms in total. The van der Waals surface area contributed by atoms with Crippen molar-refractivity contribution in [3.05, 3.63) is 35.1 Å². The SMILES string of the molecule is N#CCCC[C@@H](NC(=O)c1c(F)cc(F)cc1F)C(=O)O. The number of hydrogen-bond donors (Lipinski definition) is 2. The van der Waals surface area contributed by atoms with E-state index < -0.39 is 40.9 Å². The van der Waals surface area contributed by atoms with Gasteiger partial charge in [0.25, 0.3) is 5.91 Å². The van der Waals surface area contributed by atoms with E-state index in [1.807, 2.05) is 5.32 Å². The van der Waals surface area contributed by atoms with Crippen molar-refractivity contribution in [3.8, 4) is 6.07 Å². The van der Waals surface area contributed by atoms with Crippen molar-refractivity contribution in [3.63, 3.8) is 0 Å².